The van der Waals surface area contributed by atoms with Gasteiger partial charge in [-0.25, -0.2) is 0 Å². The van der Waals surface area contributed by atoms with Crippen molar-refractivity contribution < 1.29 is 27.4 Å². The van der Waals surface area contributed by atoms with Crippen molar-refractivity contribution in [3.8, 4) is 11.5 Å². The van der Waals surface area contributed by atoms with E-state index < -0.39 is 17.6 Å². The minimum atomic E-state index is -4.68. The van der Waals surface area contributed by atoms with Crippen LogP contribution in [-0.2, 0) is 12.8 Å². The van der Waals surface area contributed by atoms with Crippen molar-refractivity contribution in [2.24, 2.45) is 0 Å². The zero-order valence-corrected chi connectivity index (χ0v) is 18.3. The predicted octanol–water partition coefficient (Wildman–Crippen LogP) is 7.24. The Bertz CT molecular complexity index is 1100. The Morgan fingerprint density at radius 2 is 1.62 bits per heavy atom. The number of anilines is 1. The van der Waals surface area contributed by atoms with E-state index in [1.807, 2.05) is 6.92 Å². The smallest absolute Gasteiger partial charge is 0.418 e. The van der Waals surface area contributed by atoms with Gasteiger partial charge >= 0.3 is 6.18 Å². The molecular weight excluding hydrogens is 466 g/mol. The number of hydrogen-bond acceptors (Lipinski definition) is 3. The van der Waals surface area contributed by atoms with Crippen LogP contribution in [0.1, 0.15) is 28.4 Å². The van der Waals surface area contributed by atoms with Crippen LogP contribution < -0.4 is 14.8 Å². The predicted molar refractivity (Wildman–Crippen MR) is 118 cm³/mol. The molecule has 168 valence electrons. The number of rotatable bonds is 7. The fourth-order valence-corrected chi connectivity index (χ4v) is 3.17. The van der Waals surface area contributed by atoms with Gasteiger partial charge < -0.3 is 14.8 Å². The van der Waals surface area contributed by atoms with Gasteiger partial charge in [0.15, 0.2) is 0 Å². The molecule has 32 heavy (non-hydrogen) atoms. The topological polar surface area (TPSA) is 47.6 Å². The van der Waals surface area contributed by atoms with Gasteiger partial charge in [0, 0.05) is 21.2 Å². The summed E-state index contributed by atoms with van der Waals surface area (Å²) in [6, 6.07) is 14.4. The molecule has 0 aliphatic heterocycles. The van der Waals surface area contributed by atoms with Gasteiger partial charge in [-0.2, -0.15) is 13.2 Å². The van der Waals surface area contributed by atoms with Crippen LogP contribution in [0, 0.1) is 0 Å². The lowest BCUT2D eigenvalue weighted by molar-refractivity contribution is -0.136. The quantitative estimate of drug-likeness (QED) is 0.385. The fourth-order valence-electron chi connectivity index (χ4n) is 2.88. The van der Waals surface area contributed by atoms with Crippen molar-refractivity contribution in [3.63, 3.8) is 0 Å². The molecule has 3 aromatic rings. The lowest BCUT2D eigenvalue weighted by Gasteiger charge is -2.16. The lowest BCUT2D eigenvalue weighted by atomic mass is 10.1. The summed E-state index contributed by atoms with van der Waals surface area (Å²) < 4.78 is 51.3. The fraction of sp³-hybridized carbons (Fsp3) is 0.174. The average Bonchev–Trinajstić information content (AvgIpc) is 2.74. The number of alkyl halides is 3. The molecule has 1 amide bonds. The van der Waals surface area contributed by atoms with Crippen LogP contribution in [0.25, 0.3) is 0 Å². The van der Waals surface area contributed by atoms with E-state index in [1.54, 1.807) is 30.3 Å². The second kappa shape index (κ2) is 10.1. The minimum absolute atomic E-state index is 0.0762. The van der Waals surface area contributed by atoms with E-state index in [4.69, 9.17) is 32.7 Å². The van der Waals surface area contributed by atoms with Gasteiger partial charge in [0.2, 0.25) is 0 Å². The first-order valence-electron chi connectivity index (χ1n) is 9.49. The van der Waals surface area contributed by atoms with Crippen LogP contribution in [0.2, 0.25) is 10.0 Å². The zero-order chi connectivity index (χ0) is 23.3. The Labute approximate surface area is 192 Å². The van der Waals surface area contributed by atoms with Gasteiger partial charge in [-0.3, -0.25) is 4.79 Å². The van der Waals surface area contributed by atoms with Crippen molar-refractivity contribution in [3.05, 3.63) is 87.4 Å². The maximum Gasteiger partial charge on any atom is 0.418 e. The van der Waals surface area contributed by atoms with Crippen molar-refractivity contribution in [1.29, 1.82) is 0 Å². The molecule has 0 spiro atoms. The molecular formula is C23H18Cl2F3NO3. The number of hydrogen-bond donors (Lipinski definition) is 1. The third kappa shape index (κ3) is 6.08. The van der Waals surface area contributed by atoms with E-state index in [0.717, 1.165) is 12.1 Å². The highest BCUT2D eigenvalue weighted by Crippen LogP contribution is 2.36. The third-order valence-corrected chi connectivity index (χ3v) is 4.85. The molecule has 0 saturated carbocycles. The van der Waals surface area contributed by atoms with Crippen LogP contribution in [0.3, 0.4) is 0 Å². The van der Waals surface area contributed by atoms with Gasteiger partial charge in [0.05, 0.1) is 17.9 Å². The van der Waals surface area contributed by atoms with E-state index >= 15 is 0 Å². The monoisotopic (exact) mass is 483 g/mol. The molecule has 0 radical (unpaired) electrons. The van der Waals surface area contributed by atoms with Gasteiger partial charge in [-0.1, -0.05) is 23.2 Å². The molecule has 0 aliphatic carbocycles. The number of amides is 1. The summed E-state index contributed by atoms with van der Waals surface area (Å²) in [4.78, 5) is 12.7. The molecule has 0 unspecified atom stereocenters. The standard InChI is InChI=1S/C23H18Cl2F3NO3/c1-2-31-21-10-3-14(11-15(21)13-32-18-7-4-16(24)5-8-18)22(30)29-20-9-6-17(25)12-19(20)23(26,27)28/h3-12H,2,13H2,1H3,(H,29,30). The molecule has 3 rings (SSSR count). The van der Waals surface area contributed by atoms with Crippen LogP contribution >= 0.6 is 23.2 Å². The highest BCUT2D eigenvalue weighted by atomic mass is 35.5. The van der Waals surface area contributed by atoms with E-state index in [1.165, 1.54) is 18.2 Å². The summed E-state index contributed by atoms with van der Waals surface area (Å²) in [5, 5.41) is 2.78. The highest BCUT2D eigenvalue weighted by Gasteiger charge is 2.34. The van der Waals surface area contributed by atoms with E-state index in [2.05, 4.69) is 5.32 Å². The summed E-state index contributed by atoms with van der Waals surface area (Å²) in [7, 11) is 0. The number of halogens is 5. The Hall–Kier alpha value is -2.90. The van der Waals surface area contributed by atoms with Gasteiger partial charge in [-0.15, -0.1) is 0 Å². The molecule has 4 nitrogen and oxygen atoms in total. The van der Waals surface area contributed by atoms with E-state index in [0.29, 0.717) is 28.7 Å². The molecule has 0 aliphatic rings. The van der Waals surface area contributed by atoms with E-state index in [9.17, 15) is 18.0 Å². The van der Waals surface area contributed by atoms with Crippen molar-refractivity contribution >= 4 is 34.8 Å². The molecule has 0 saturated heterocycles. The Morgan fingerprint density at radius 3 is 2.28 bits per heavy atom. The van der Waals surface area contributed by atoms with Gasteiger partial charge in [0.1, 0.15) is 18.1 Å². The SMILES string of the molecule is CCOc1ccc(C(=O)Nc2ccc(Cl)cc2C(F)(F)F)cc1COc1ccc(Cl)cc1. The van der Waals surface area contributed by atoms with Crippen molar-refractivity contribution in [1.82, 2.24) is 0 Å². The van der Waals surface area contributed by atoms with Crippen LogP contribution in [-0.4, -0.2) is 12.5 Å². The number of carbonyl (C=O) groups excluding carboxylic acids is 1. The summed E-state index contributed by atoms with van der Waals surface area (Å²) >= 11 is 11.6. The number of nitrogens with one attached hydrogen (secondary N) is 1. The van der Waals surface area contributed by atoms with Crippen LogP contribution in [0.5, 0.6) is 11.5 Å². The summed E-state index contributed by atoms with van der Waals surface area (Å²) in [6.07, 6.45) is -4.68. The Kier molecular flexibility index (Phi) is 7.53. The first kappa shape index (κ1) is 23.8. The first-order valence-corrected chi connectivity index (χ1v) is 10.2. The molecule has 0 aromatic heterocycles. The molecule has 0 heterocycles. The summed E-state index contributed by atoms with van der Waals surface area (Å²) in [5.41, 5.74) is -0.719. The molecule has 0 fully saturated rings. The number of benzene rings is 3. The minimum Gasteiger partial charge on any atom is -0.493 e. The Morgan fingerprint density at radius 1 is 0.938 bits per heavy atom. The van der Waals surface area contributed by atoms with Crippen LogP contribution in [0.15, 0.2) is 60.7 Å². The highest BCUT2D eigenvalue weighted by molar-refractivity contribution is 6.31. The normalized spacial score (nSPS) is 11.2. The van der Waals surface area contributed by atoms with E-state index in [-0.39, 0.29) is 22.9 Å². The summed E-state index contributed by atoms with van der Waals surface area (Å²) in [5.74, 6) is 0.344. The second-order valence-corrected chi connectivity index (χ2v) is 7.51. The maximum absolute atomic E-state index is 13.3. The average molecular weight is 484 g/mol. The molecule has 9 heteroatoms. The number of carbonyl (C=O) groups is 1. The van der Waals surface area contributed by atoms with Crippen molar-refractivity contribution in [2.75, 3.05) is 11.9 Å². The molecule has 0 atom stereocenters. The molecule has 0 bridgehead atoms. The number of ether oxygens (including phenoxy) is 2. The first-order chi connectivity index (χ1) is 15.2. The summed E-state index contributed by atoms with van der Waals surface area (Å²) in [6.45, 7) is 2.27. The maximum atomic E-state index is 13.3. The van der Waals surface area contributed by atoms with Gasteiger partial charge in [0.25, 0.3) is 5.91 Å². The van der Waals surface area contributed by atoms with Gasteiger partial charge in [-0.05, 0) is 67.6 Å². The second-order valence-electron chi connectivity index (χ2n) is 6.64. The lowest BCUT2D eigenvalue weighted by Crippen LogP contribution is -2.17. The van der Waals surface area contributed by atoms with Crippen molar-refractivity contribution in [2.45, 2.75) is 19.7 Å². The Balaban J connectivity index is 1.84. The van der Waals surface area contributed by atoms with Crippen LogP contribution in [0.4, 0.5) is 18.9 Å². The largest absolute Gasteiger partial charge is 0.493 e. The third-order valence-electron chi connectivity index (χ3n) is 4.37. The zero-order valence-electron chi connectivity index (χ0n) is 16.8. The molecule has 1 N–H and O–H groups in total. The molecule has 3 aromatic carbocycles.